The van der Waals surface area contributed by atoms with E-state index >= 15 is 0 Å². The van der Waals surface area contributed by atoms with Crippen LogP contribution in [0.3, 0.4) is 0 Å². The third-order valence-corrected chi connectivity index (χ3v) is 2.13. The van der Waals surface area contributed by atoms with Gasteiger partial charge in [-0.3, -0.25) is 14.9 Å². The maximum atomic E-state index is 11.2. The van der Waals surface area contributed by atoms with Gasteiger partial charge in [-0.2, -0.15) is 0 Å². The van der Waals surface area contributed by atoms with Crippen LogP contribution < -0.4 is 16.2 Å². The Balaban J connectivity index is 1.89. The molecule has 3 N–H and O–H groups in total. The number of imide groups is 1. The molecule has 0 unspecified atom stereocenters. The first-order valence-corrected chi connectivity index (χ1v) is 4.66. The molecule has 2 amide bonds. The summed E-state index contributed by atoms with van der Waals surface area (Å²) in [4.78, 5) is 22.0. The number of nitrogens with one attached hydrogen (secondary N) is 3. The van der Waals surface area contributed by atoms with Crippen molar-refractivity contribution in [3.63, 3.8) is 0 Å². The summed E-state index contributed by atoms with van der Waals surface area (Å²) in [6, 6.07) is 8.89. The molecule has 5 heteroatoms. The van der Waals surface area contributed by atoms with Crippen molar-refractivity contribution in [2.45, 2.75) is 12.5 Å². The molecule has 78 valence electrons. The maximum Gasteiger partial charge on any atom is 0.246 e. The van der Waals surface area contributed by atoms with Gasteiger partial charge in [-0.05, 0) is 12.1 Å². The summed E-state index contributed by atoms with van der Waals surface area (Å²) in [6.45, 7) is 0. The van der Waals surface area contributed by atoms with E-state index in [1.54, 1.807) is 0 Å². The summed E-state index contributed by atoms with van der Waals surface area (Å²) in [5.41, 5.74) is 6.52. The molecular weight excluding hydrogens is 194 g/mol. The van der Waals surface area contributed by atoms with Crippen LogP contribution in [0.15, 0.2) is 30.3 Å². The molecule has 1 fully saturated rings. The highest BCUT2D eigenvalue weighted by Crippen LogP contribution is 2.05. The van der Waals surface area contributed by atoms with E-state index in [-0.39, 0.29) is 18.2 Å². The lowest BCUT2D eigenvalue weighted by molar-refractivity contribution is -0.125. The number of hydrazine groups is 1. The van der Waals surface area contributed by atoms with Crippen molar-refractivity contribution in [1.29, 1.82) is 0 Å². The SMILES string of the molecule is O=C1C[C@@H](NNc2ccccc2)C(=O)N1. The highest BCUT2D eigenvalue weighted by Gasteiger charge is 2.29. The highest BCUT2D eigenvalue weighted by molar-refractivity contribution is 6.05. The van der Waals surface area contributed by atoms with Gasteiger partial charge in [0.2, 0.25) is 11.8 Å². The minimum atomic E-state index is -0.488. The fourth-order valence-electron chi connectivity index (χ4n) is 1.36. The zero-order valence-electron chi connectivity index (χ0n) is 7.99. The van der Waals surface area contributed by atoms with Crippen molar-refractivity contribution < 1.29 is 9.59 Å². The number of benzene rings is 1. The topological polar surface area (TPSA) is 70.2 Å². The van der Waals surface area contributed by atoms with Crippen molar-refractivity contribution >= 4 is 17.5 Å². The molecule has 0 bridgehead atoms. The second-order valence-corrected chi connectivity index (χ2v) is 3.30. The molecular formula is C10H11N3O2. The number of carbonyl (C=O) groups excluding carboxylic acids is 2. The number of carbonyl (C=O) groups is 2. The first-order valence-electron chi connectivity index (χ1n) is 4.66. The van der Waals surface area contributed by atoms with Crippen molar-refractivity contribution in [2.75, 3.05) is 5.43 Å². The maximum absolute atomic E-state index is 11.2. The Morgan fingerprint density at radius 2 is 1.93 bits per heavy atom. The lowest BCUT2D eigenvalue weighted by atomic mass is 10.2. The van der Waals surface area contributed by atoms with Gasteiger partial charge < -0.3 is 5.43 Å². The van der Waals surface area contributed by atoms with Gasteiger partial charge >= 0.3 is 0 Å². The zero-order chi connectivity index (χ0) is 10.7. The summed E-state index contributed by atoms with van der Waals surface area (Å²) < 4.78 is 0. The third-order valence-electron chi connectivity index (χ3n) is 2.13. The molecule has 15 heavy (non-hydrogen) atoms. The first-order chi connectivity index (χ1) is 7.25. The predicted octanol–water partition coefficient (Wildman–Crippen LogP) is 0.0182. The number of para-hydroxylation sites is 1. The molecule has 0 radical (unpaired) electrons. The van der Waals surface area contributed by atoms with E-state index in [2.05, 4.69) is 16.2 Å². The number of hydrogen-bond donors (Lipinski definition) is 3. The molecule has 0 aliphatic carbocycles. The zero-order valence-corrected chi connectivity index (χ0v) is 7.99. The Morgan fingerprint density at radius 1 is 1.20 bits per heavy atom. The Hall–Kier alpha value is -1.88. The molecule has 5 nitrogen and oxygen atoms in total. The van der Waals surface area contributed by atoms with E-state index in [4.69, 9.17) is 0 Å². The van der Waals surface area contributed by atoms with E-state index < -0.39 is 6.04 Å². The number of anilines is 1. The standard InChI is InChI=1S/C10H11N3O2/c14-9-6-8(10(15)11-9)13-12-7-4-2-1-3-5-7/h1-5,8,12-13H,6H2,(H,11,14,15)/t8-/m1/s1. The summed E-state index contributed by atoms with van der Waals surface area (Å²) in [7, 11) is 0. The molecule has 1 aliphatic heterocycles. The molecule has 1 aromatic rings. The summed E-state index contributed by atoms with van der Waals surface area (Å²) in [5.74, 6) is -0.532. The second kappa shape index (κ2) is 4.10. The minimum absolute atomic E-state index is 0.179. The van der Waals surface area contributed by atoms with Gasteiger partial charge in [0.15, 0.2) is 0 Å². The van der Waals surface area contributed by atoms with Crippen molar-refractivity contribution in [3.05, 3.63) is 30.3 Å². The molecule has 1 aromatic carbocycles. The summed E-state index contributed by atoms with van der Waals surface area (Å²) in [6.07, 6.45) is 0.179. The van der Waals surface area contributed by atoms with Crippen LogP contribution in [0, 0.1) is 0 Å². The van der Waals surface area contributed by atoms with Crippen molar-refractivity contribution in [3.8, 4) is 0 Å². The van der Waals surface area contributed by atoms with E-state index in [0.717, 1.165) is 5.69 Å². The van der Waals surface area contributed by atoms with Crippen LogP contribution in [0.5, 0.6) is 0 Å². The van der Waals surface area contributed by atoms with E-state index in [9.17, 15) is 9.59 Å². The van der Waals surface area contributed by atoms with Gasteiger partial charge in [-0.1, -0.05) is 18.2 Å². The number of rotatable bonds is 3. The van der Waals surface area contributed by atoms with Gasteiger partial charge in [0.1, 0.15) is 6.04 Å². The van der Waals surface area contributed by atoms with Crippen LogP contribution in [-0.4, -0.2) is 17.9 Å². The lowest BCUT2D eigenvalue weighted by Crippen LogP contribution is -2.39. The third kappa shape index (κ3) is 2.32. The highest BCUT2D eigenvalue weighted by atomic mass is 16.2. The van der Waals surface area contributed by atoms with Crippen LogP contribution in [0.1, 0.15) is 6.42 Å². The fourth-order valence-corrected chi connectivity index (χ4v) is 1.36. The van der Waals surface area contributed by atoms with E-state index in [1.165, 1.54) is 0 Å². The molecule has 2 rings (SSSR count). The molecule has 1 saturated heterocycles. The number of amides is 2. The van der Waals surface area contributed by atoms with Crippen LogP contribution in [0.2, 0.25) is 0 Å². The Bertz CT molecular complexity index is 378. The first kappa shape index (κ1) is 9.67. The lowest BCUT2D eigenvalue weighted by Gasteiger charge is -2.11. The van der Waals surface area contributed by atoms with Gasteiger partial charge in [-0.25, -0.2) is 5.43 Å². The Morgan fingerprint density at radius 3 is 2.53 bits per heavy atom. The number of hydrogen-bond acceptors (Lipinski definition) is 4. The van der Waals surface area contributed by atoms with Crippen LogP contribution in [0.25, 0.3) is 0 Å². The minimum Gasteiger partial charge on any atom is -0.321 e. The predicted molar refractivity (Wildman–Crippen MR) is 54.8 cm³/mol. The quantitative estimate of drug-likeness (QED) is 0.480. The van der Waals surface area contributed by atoms with Crippen LogP contribution >= 0.6 is 0 Å². The average molecular weight is 205 g/mol. The largest absolute Gasteiger partial charge is 0.321 e. The second-order valence-electron chi connectivity index (χ2n) is 3.30. The average Bonchev–Trinajstić information content (AvgIpc) is 2.56. The molecule has 0 aromatic heterocycles. The monoisotopic (exact) mass is 205 g/mol. The molecule has 1 atom stereocenters. The van der Waals surface area contributed by atoms with Crippen LogP contribution in [0.4, 0.5) is 5.69 Å². The van der Waals surface area contributed by atoms with Gasteiger partial charge in [-0.15, -0.1) is 0 Å². The Labute approximate surface area is 86.8 Å². The molecule has 0 spiro atoms. The molecule has 1 aliphatic rings. The van der Waals surface area contributed by atoms with Gasteiger partial charge in [0.05, 0.1) is 6.42 Å². The summed E-state index contributed by atoms with van der Waals surface area (Å²) >= 11 is 0. The van der Waals surface area contributed by atoms with Gasteiger partial charge in [0.25, 0.3) is 0 Å². The van der Waals surface area contributed by atoms with Gasteiger partial charge in [0, 0.05) is 5.69 Å². The van der Waals surface area contributed by atoms with E-state index in [1.807, 2.05) is 30.3 Å². The molecule has 0 saturated carbocycles. The van der Waals surface area contributed by atoms with Crippen molar-refractivity contribution in [2.24, 2.45) is 0 Å². The molecule has 1 heterocycles. The summed E-state index contributed by atoms with van der Waals surface area (Å²) in [5, 5.41) is 2.22. The fraction of sp³-hybridized carbons (Fsp3) is 0.200. The Kier molecular flexibility index (Phi) is 2.64. The van der Waals surface area contributed by atoms with Crippen molar-refractivity contribution in [1.82, 2.24) is 10.7 Å². The normalized spacial score (nSPS) is 20.1. The van der Waals surface area contributed by atoms with Crippen LogP contribution in [-0.2, 0) is 9.59 Å². The smallest absolute Gasteiger partial charge is 0.246 e. The van der Waals surface area contributed by atoms with E-state index in [0.29, 0.717) is 0 Å².